The molecular formula is C17H19N3O2S. The van der Waals surface area contributed by atoms with Gasteiger partial charge in [0.25, 0.3) is 10.0 Å². The number of piperidine rings is 1. The first-order chi connectivity index (χ1) is 11.1. The molecule has 1 aliphatic rings. The van der Waals surface area contributed by atoms with Crippen LogP contribution in [0.5, 0.6) is 0 Å². The fourth-order valence-corrected chi connectivity index (χ4v) is 4.17. The van der Waals surface area contributed by atoms with Gasteiger partial charge in [0.15, 0.2) is 5.03 Å². The van der Waals surface area contributed by atoms with Crippen LogP contribution in [0.15, 0.2) is 47.5 Å². The summed E-state index contributed by atoms with van der Waals surface area (Å²) >= 11 is 0. The van der Waals surface area contributed by atoms with Gasteiger partial charge in [-0.2, -0.15) is 4.31 Å². The van der Waals surface area contributed by atoms with Gasteiger partial charge in [0.05, 0.1) is 5.69 Å². The van der Waals surface area contributed by atoms with Crippen LogP contribution >= 0.6 is 0 Å². The van der Waals surface area contributed by atoms with E-state index >= 15 is 0 Å². The Kier molecular flexibility index (Phi) is 4.54. The maximum atomic E-state index is 12.7. The van der Waals surface area contributed by atoms with E-state index in [-0.39, 0.29) is 5.03 Å². The number of aromatic nitrogens is 1. The molecular weight excluding hydrogens is 310 g/mol. The smallest absolute Gasteiger partial charge is 0.260 e. The van der Waals surface area contributed by atoms with E-state index in [0.717, 1.165) is 30.4 Å². The highest BCUT2D eigenvalue weighted by atomic mass is 32.2. The van der Waals surface area contributed by atoms with Crippen LogP contribution in [0.3, 0.4) is 0 Å². The minimum atomic E-state index is -3.52. The number of hydrogen-bond acceptors (Lipinski definition) is 4. The number of pyridine rings is 1. The Bertz CT molecular complexity index is 795. The molecule has 0 saturated carbocycles. The molecule has 2 aromatic rings. The zero-order valence-corrected chi connectivity index (χ0v) is 13.6. The first-order valence-electron chi connectivity index (χ1n) is 7.69. The fourth-order valence-electron chi connectivity index (χ4n) is 2.71. The van der Waals surface area contributed by atoms with Crippen molar-refractivity contribution in [1.29, 1.82) is 5.41 Å². The summed E-state index contributed by atoms with van der Waals surface area (Å²) in [6.45, 7) is 1.14. The number of rotatable bonds is 4. The van der Waals surface area contributed by atoms with Gasteiger partial charge in [-0.05, 0) is 30.5 Å². The highest BCUT2D eigenvalue weighted by molar-refractivity contribution is 7.89. The van der Waals surface area contributed by atoms with E-state index in [4.69, 9.17) is 5.41 Å². The lowest BCUT2D eigenvalue weighted by molar-refractivity contribution is 0.345. The van der Waals surface area contributed by atoms with E-state index in [1.165, 1.54) is 10.5 Å². The van der Waals surface area contributed by atoms with Crippen molar-refractivity contribution in [3.63, 3.8) is 0 Å². The lowest BCUT2D eigenvalue weighted by atomic mass is 10.1. The van der Waals surface area contributed by atoms with Gasteiger partial charge in [0.1, 0.15) is 0 Å². The van der Waals surface area contributed by atoms with Crippen LogP contribution < -0.4 is 0 Å². The average molecular weight is 329 g/mol. The Labute approximate surface area is 136 Å². The summed E-state index contributed by atoms with van der Waals surface area (Å²) < 4.78 is 26.9. The van der Waals surface area contributed by atoms with Gasteiger partial charge in [-0.3, -0.25) is 0 Å². The van der Waals surface area contributed by atoms with Crippen LogP contribution in [-0.4, -0.2) is 37.0 Å². The second-order valence-corrected chi connectivity index (χ2v) is 7.48. The Morgan fingerprint density at radius 1 is 1.00 bits per heavy atom. The van der Waals surface area contributed by atoms with Gasteiger partial charge in [-0.25, -0.2) is 13.4 Å². The van der Waals surface area contributed by atoms with Crippen LogP contribution in [0.2, 0.25) is 0 Å². The maximum Gasteiger partial charge on any atom is 0.260 e. The maximum absolute atomic E-state index is 12.7. The monoisotopic (exact) mass is 329 g/mol. The Balaban J connectivity index is 1.93. The summed E-state index contributed by atoms with van der Waals surface area (Å²) in [7, 11) is -3.52. The van der Waals surface area contributed by atoms with Crippen molar-refractivity contribution in [1.82, 2.24) is 9.29 Å². The van der Waals surface area contributed by atoms with Gasteiger partial charge < -0.3 is 5.41 Å². The standard InChI is InChI=1S/C17H19N3O2S/c18-13-14-7-9-15(10-8-14)16-5-4-6-17(19-16)23(21,22)20-11-2-1-3-12-20/h4-10,13,18H,1-3,11-12H2. The van der Waals surface area contributed by atoms with Crippen molar-refractivity contribution in [2.45, 2.75) is 24.3 Å². The van der Waals surface area contributed by atoms with Crippen molar-refractivity contribution < 1.29 is 8.42 Å². The average Bonchev–Trinajstić information content (AvgIpc) is 2.62. The molecule has 23 heavy (non-hydrogen) atoms. The molecule has 5 nitrogen and oxygen atoms in total. The molecule has 1 aromatic heterocycles. The molecule has 0 radical (unpaired) electrons. The first-order valence-corrected chi connectivity index (χ1v) is 9.13. The van der Waals surface area contributed by atoms with E-state index < -0.39 is 10.0 Å². The number of sulfonamides is 1. The minimum Gasteiger partial charge on any atom is -0.308 e. The Morgan fingerprint density at radius 3 is 2.35 bits per heavy atom. The molecule has 1 fully saturated rings. The first kappa shape index (κ1) is 15.8. The highest BCUT2D eigenvalue weighted by Crippen LogP contribution is 2.23. The van der Waals surface area contributed by atoms with Gasteiger partial charge in [0, 0.05) is 24.9 Å². The van der Waals surface area contributed by atoms with Crippen molar-refractivity contribution in [3.05, 3.63) is 48.0 Å². The second-order valence-electron chi connectivity index (χ2n) is 5.59. The SMILES string of the molecule is N=Cc1ccc(-c2cccc(S(=O)(=O)N3CCCCC3)n2)cc1. The zero-order chi connectivity index (χ0) is 16.3. The second kappa shape index (κ2) is 6.60. The van der Waals surface area contributed by atoms with Crippen LogP contribution in [0.25, 0.3) is 11.3 Å². The molecule has 0 bridgehead atoms. The third-order valence-electron chi connectivity index (χ3n) is 4.02. The number of nitrogens with zero attached hydrogens (tertiary/aromatic N) is 2. The van der Waals surface area contributed by atoms with E-state index in [1.54, 1.807) is 18.2 Å². The van der Waals surface area contributed by atoms with Crippen LogP contribution in [0.4, 0.5) is 0 Å². The molecule has 3 rings (SSSR count). The Hall–Kier alpha value is -2.05. The van der Waals surface area contributed by atoms with Gasteiger partial charge in [0.2, 0.25) is 0 Å². The molecule has 0 atom stereocenters. The Morgan fingerprint density at radius 2 is 1.70 bits per heavy atom. The van der Waals surface area contributed by atoms with E-state index in [1.807, 2.05) is 24.3 Å². The summed E-state index contributed by atoms with van der Waals surface area (Å²) in [6, 6.07) is 12.4. The summed E-state index contributed by atoms with van der Waals surface area (Å²) in [5.74, 6) is 0. The fraction of sp³-hybridized carbons (Fsp3) is 0.294. The minimum absolute atomic E-state index is 0.105. The number of benzene rings is 1. The molecule has 0 amide bonds. The predicted octanol–water partition coefficient (Wildman–Crippen LogP) is 2.92. The molecule has 0 spiro atoms. The topological polar surface area (TPSA) is 74.1 Å². The summed E-state index contributed by atoms with van der Waals surface area (Å²) in [6.07, 6.45) is 4.17. The number of hydrogen-bond donors (Lipinski definition) is 1. The third kappa shape index (κ3) is 3.33. The van der Waals surface area contributed by atoms with Crippen LogP contribution in [0.1, 0.15) is 24.8 Å². The molecule has 1 aromatic carbocycles. The van der Waals surface area contributed by atoms with Crippen LogP contribution in [0, 0.1) is 5.41 Å². The van der Waals surface area contributed by atoms with Crippen molar-refractivity contribution >= 4 is 16.2 Å². The largest absolute Gasteiger partial charge is 0.308 e. The quantitative estimate of drug-likeness (QED) is 0.876. The lowest BCUT2D eigenvalue weighted by Gasteiger charge is -2.25. The number of nitrogens with one attached hydrogen (secondary N) is 1. The van der Waals surface area contributed by atoms with Gasteiger partial charge in [-0.1, -0.05) is 36.8 Å². The molecule has 1 aliphatic heterocycles. The van der Waals surface area contributed by atoms with Gasteiger partial charge >= 0.3 is 0 Å². The summed E-state index contributed by atoms with van der Waals surface area (Å²) in [4.78, 5) is 4.36. The van der Waals surface area contributed by atoms with E-state index in [0.29, 0.717) is 18.8 Å². The van der Waals surface area contributed by atoms with Crippen molar-refractivity contribution in [2.75, 3.05) is 13.1 Å². The molecule has 1 N–H and O–H groups in total. The van der Waals surface area contributed by atoms with Gasteiger partial charge in [-0.15, -0.1) is 0 Å². The molecule has 2 heterocycles. The lowest BCUT2D eigenvalue weighted by Crippen LogP contribution is -2.36. The van der Waals surface area contributed by atoms with Crippen LogP contribution in [-0.2, 0) is 10.0 Å². The van der Waals surface area contributed by atoms with E-state index in [2.05, 4.69) is 4.98 Å². The predicted molar refractivity (Wildman–Crippen MR) is 90.2 cm³/mol. The van der Waals surface area contributed by atoms with Crippen molar-refractivity contribution in [3.8, 4) is 11.3 Å². The molecule has 6 heteroatoms. The highest BCUT2D eigenvalue weighted by Gasteiger charge is 2.27. The zero-order valence-electron chi connectivity index (χ0n) is 12.8. The molecule has 0 aliphatic carbocycles. The third-order valence-corrected chi connectivity index (χ3v) is 5.82. The molecule has 0 unspecified atom stereocenters. The van der Waals surface area contributed by atoms with E-state index in [9.17, 15) is 8.42 Å². The molecule has 1 saturated heterocycles. The summed E-state index contributed by atoms with van der Waals surface area (Å²) in [5, 5.41) is 7.33. The van der Waals surface area contributed by atoms with Crippen molar-refractivity contribution in [2.24, 2.45) is 0 Å². The summed E-state index contributed by atoms with van der Waals surface area (Å²) in [5.41, 5.74) is 2.26. The normalized spacial score (nSPS) is 16.2. The molecule has 120 valence electrons.